The first kappa shape index (κ1) is 18.8. The van der Waals surface area contributed by atoms with E-state index in [0.29, 0.717) is 5.75 Å². The van der Waals surface area contributed by atoms with Crippen molar-refractivity contribution in [3.8, 4) is 11.5 Å². The highest BCUT2D eigenvalue weighted by atomic mass is 16.6. The third-order valence-electron chi connectivity index (χ3n) is 4.37. The van der Waals surface area contributed by atoms with Crippen molar-refractivity contribution in [2.24, 2.45) is 5.92 Å². The van der Waals surface area contributed by atoms with Crippen molar-refractivity contribution >= 4 is 5.69 Å². The van der Waals surface area contributed by atoms with Crippen LogP contribution < -0.4 is 9.47 Å². The van der Waals surface area contributed by atoms with Crippen LogP contribution in [0.1, 0.15) is 42.0 Å². The van der Waals surface area contributed by atoms with Crippen LogP contribution in [0.25, 0.3) is 0 Å². The van der Waals surface area contributed by atoms with Crippen molar-refractivity contribution in [2.45, 2.75) is 33.6 Å². The molecule has 0 aliphatic rings. The molecule has 5 nitrogen and oxygen atoms in total. The van der Waals surface area contributed by atoms with Crippen LogP contribution >= 0.6 is 0 Å². The van der Waals surface area contributed by atoms with Gasteiger partial charge in [0.1, 0.15) is 5.75 Å². The Kier molecular flexibility index (Phi) is 5.67. The van der Waals surface area contributed by atoms with E-state index >= 15 is 0 Å². The SMILES string of the molecule is COc1ccc(C)cc1C(c1cc(C)cc([N+](=O)[O-])c1OC)C(C)C. The summed E-state index contributed by atoms with van der Waals surface area (Å²) in [5.74, 6) is 1.21. The average Bonchev–Trinajstić information content (AvgIpc) is 2.54. The van der Waals surface area contributed by atoms with Crippen LogP contribution in [-0.4, -0.2) is 19.1 Å². The Hall–Kier alpha value is -2.56. The number of methoxy groups -OCH3 is 2. The molecule has 2 aromatic rings. The molecule has 1 unspecified atom stereocenters. The van der Waals surface area contributed by atoms with Crippen LogP contribution in [0.5, 0.6) is 11.5 Å². The molecule has 134 valence electrons. The Morgan fingerprint density at radius 2 is 1.60 bits per heavy atom. The molecular formula is C20H25NO4. The van der Waals surface area contributed by atoms with Crippen LogP contribution in [0.4, 0.5) is 5.69 Å². The van der Waals surface area contributed by atoms with Crippen LogP contribution in [-0.2, 0) is 0 Å². The van der Waals surface area contributed by atoms with Gasteiger partial charge in [-0.3, -0.25) is 10.1 Å². The maximum atomic E-state index is 11.5. The molecule has 0 aromatic heterocycles. The fourth-order valence-electron chi connectivity index (χ4n) is 3.35. The molecule has 0 saturated heterocycles. The topological polar surface area (TPSA) is 61.6 Å². The van der Waals surface area contributed by atoms with Gasteiger partial charge in [0, 0.05) is 23.1 Å². The lowest BCUT2D eigenvalue weighted by atomic mass is 9.80. The molecule has 0 aliphatic carbocycles. The summed E-state index contributed by atoms with van der Waals surface area (Å²) in [6.45, 7) is 8.08. The van der Waals surface area contributed by atoms with Gasteiger partial charge < -0.3 is 9.47 Å². The van der Waals surface area contributed by atoms with E-state index in [4.69, 9.17) is 9.47 Å². The number of benzene rings is 2. The molecule has 2 rings (SSSR count). The van der Waals surface area contributed by atoms with E-state index in [0.717, 1.165) is 28.0 Å². The van der Waals surface area contributed by atoms with E-state index in [-0.39, 0.29) is 22.4 Å². The summed E-state index contributed by atoms with van der Waals surface area (Å²) in [5, 5.41) is 11.5. The monoisotopic (exact) mass is 343 g/mol. The van der Waals surface area contributed by atoms with Crippen LogP contribution in [0, 0.1) is 29.9 Å². The fourth-order valence-corrected chi connectivity index (χ4v) is 3.35. The largest absolute Gasteiger partial charge is 0.496 e. The lowest BCUT2D eigenvalue weighted by Crippen LogP contribution is -2.13. The summed E-state index contributed by atoms with van der Waals surface area (Å²) in [4.78, 5) is 11.1. The Balaban J connectivity index is 2.79. The number of nitrogens with zero attached hydrogens (tertiary/aromatic N) is 1. The Labute approximate surface area is 148 Å². The quantitative estimate of drug-likeness (QED) is 0.546. The van der Waals surface area contributed by atoms with Gasteiger partial charge in [0.2, 0.25) is 5.75 Å². The Morgan fingerprint density at radius 3 is 2.12 bits per heavy atom. The molecule has 0 heterocycles. The molecule has 0 spiro atoms. The first-order valence-corrected chi connectivity index (χ1v) is 8.27. The summed E-state index contributed by atoms with van der Waals surface area (Å²) in [6, 6.07) is 9.54. The van der Waals surface area contributed by atoms with Gasteiger partial charge in [0.15, 0.2) is 0 Å². The van der Waals surface area contributed by atoms with E-state index in [1.54, 1.807) is 13.2 Å². The molecule has 0 radical (unpaired) electrons. The van der Waals surface area contributed by atoms with E-state index in [2.05, 4.69) is 19.9 Å². The number of rotatable bonds is 6. The van der Waals surface area contributed by atoms with Gasteiger partial charge >= 0.3 is 5.69 Å². The third kappa shape index (κ3) is 3.76. The first-order chi connectivity index (χ1) is 11.8. The second kappa shape index (κ2) is 7.55. The smallest absolute Gasteiger partial charge is 0.311 e. The number of ether oxygens (including phenoxy) is 2. The van der Waals surface area contributed by atoms with Crippen molar-refractivity contribution < 1.29 is 14.4 Å². The van der Waals surface area contributed by atoms with Gasteiger partial charge in [-0.15, -0.1) is 0 Å². The Bertz CT molecular complexity index is 784. The van der Waals surface area contributed by atoms with E-state index in [1.807, 2.05) is 32.0 Å². The molecule has 5 heteroatoms. The predicted molar refractivity (Wildman–Crippen MR) is 98.8 cm³/mol. The lowest BCUT2D eigenvalue weighted by molar-refractivity contribution is -0.385. The normalized spacial score (nSPS) is 12.1. The van der Waals surface area contributed by atoms with Gasteiger partial charge in [0.25, 0.3) is 0 Å². The molecule has 0 saturated carbocycles. The van der Waals surface area contributed by atoms with Crippen molar-refractivity contribution in [3.63, 3.8) is 0 Å². The van der Waals surface area contributed by atoms with Crippen LogP contribution in [0.3, 0.4) is 0 Å². The highest BCUT2D eigenvalue weighted by Gasteiger charge is 2.29. The Morgan fingerprint density at radius 1 is 0.960 bits per heavy atom. The molecule has 25 heavy (non-hydrogen) atoms. The minimum absolute atomic E-state index is 0.00484. The van der Waals surface area contributed by atoms with E-state index < -0.39 is 0 Å². The molecule has 0 fully saturated rings. The number of hydrogen-bond donors (Lipinski definition) is 0. The molecule has 1 atom stereocenters. The van der Waals surface area contributed by atoms with Gasteiger partial charge in [0.05, 0.1) is 19.1 Å². The summed E-state index contributed by atoms with van der Waals surface area (Å²) in [6.07, 6.45) is 0. The molecular weight excluding hydrogens is 318 g/mol. The van der Waals surface area contributed by atoms with Crippen LogP contribution in [0.15, 0.2) is 30.3 Å². The number of nitro benzene ring substituents is 1. The van der Waals surface area contributed by atoms with Gasteiger partial charge in [-0.1, -0.05) is 37.6 Å². The zero-order valence-corrected chi connectivity index (χ0v) is 15.6. The standard InChI is InChI=1S/C20H25NO4/c1-12(2)19(15-9-13(3)7-8-18(15)24-5)16-10-14(4)11-17(21(22)23)20(16)25-6/h7-12,19H,1-6H3. The minimum Gasteiger partial charge on any atom is -0.496 e. The first-order valence-electron chi connectivity index (χ1n) is 8.27. The lowest BCUT2D eigenvalue weighted by Gasteiger charge is -2.26. The van der Waals surface area contributed by atoms with Crippen molar-refractivity contribution in [1.29, 1.82) is 0 Å². The van der Waals surface area contributed by atoms with Crippen molar-refractivity contribution in [1.82, 2.24) is 0 Å². The predicted octanol–water partition coefficient (Wildman–Crippen LogP) is 5.02. The summed E-state index contributed by atoms with van der Waals surface area (Å²) in [5.41, 5.74) is 3.76. The maximum absolute atomic E-state index is 11.5. The van der Waals surface area contributed by atoms with Gasteiger partial charge in [-0.2, -0.15) is 0 Å². The highest BCUT2D eigenvalue weighted by molar-refractivity contribution is 5.58. The highest BCUT2D eigenvalue weighted by Crippen LogP contribution is 2.45. The molecule has 0 amide bonds. The molecule has 0 bridgehead atoms. The molecule has 2 aromatic carbocycles. The van der Waals surface area contributed by atoms with Crippen molar-refractivity contribution in [2.75, 3.05) is 14.2 Å². The minimum atomic E-state index is -0.389. The summed E-state index contributed by atoms with van der Waals surface area (Å²) < 4.78 is 11.0. The second-order valence-corrected chi connectivity index (χ2v) is 6.63. The summed E-state index contributed by atoms with van der Waals surface area (Å²) in [7, 11) is 3.12. The van der Waals surface area contributed by atoms with Gasteiger partial charge in [-0.25, -0.2) is 0 Å². The van der Waals surface area contributed by atoms with Crippen LogP contribution in [0.2, 0.25) is 0 Å². The number of hydrogen-bond acceptors (Lipinski definition) is 4. The van der Waals surface area contributed by atoms with Crippen molar-refractivity contribution in [3.05, 3.63) is 62.7 Å². The van der Waals surface area contributed by atoms with E-state index in [1.165, 1.54) is 7.11 Å². The fraction of sp³-hybridized carbons (Fsp3) is 0.400. The molecule has 0 aliphatic heterocycles. The molecule has 0 N–H and O–H groups in total. The average molecular weight is 343 g/mol. The summed E-state index contributed by atoms with van der Waals surface area (Å²) >= 11 is 0. The zero-order chi connectivity index (χ0) is 18.7. The zero-order valence-electron chi connectivity index (χ0n) is 15.6. The number of aryl methyl sites for hydroxylation is 2. The van der Waals surface area contributed by atoms with E-state index in [9.17, 15) is 10.1 Å². The maximum Gasteiger partial charge on any atom is 0.311 e. The van der Waals surface area contributed by atoms with Gasteiger partial charge in [-0.05, 0) is 31.4 Å². The third-order valence-corrected chi connectivity index (χ3v) is 4.37. The number of nitro groups is 1. The second-order valence-electron chi connectivity index (χ2n) is 6.63.